The van der Waals surface area contributed by atoms with E-state index < -0.39 is 0 Å². The molecule has 0 spiro atoms. The minimum atomic E-state index is 0.0744. The number of carbonyl (C=O) groups is 1. The van der Waals surface area contributed by atoms with Gasteiger partial charge in [0.05, 0.1) is 6.54 Å². The Balaban J connectivity index is 2.34. The van der Waals surface area contributed by atoms with E-state index in [0.717, 1.165) is 24.4 Å². The smallest absolute Gasteiger partial charge is 0.220 e. The van der Waals surface area contributed by atoms with Crippen molar-refractivity contribution in [3.8, 4) is 0 Å². The molecule has 1 heterocycles. The zero-order valence-electron chi connectivity index (χ0n) is 13.2. The van der Waals surface area contributed by atoms with Crippen LogP contribution in [-0.4, -0.2) is 12.5 Å². The van der Waals surface area contributed by atoms with Crippen molar-refractivity contribution in [2.75, 3.05) is 6.54 Å². The van der Waals surface area contributed by atoms with Crippen LogP contribution in [-0.2, 0) is 11.3 Å². The molecule has 0 fully saturated rings. The number of hydrogen-bond acceptors (Lipinski definition) is 3. The summed E-state index contributed by atoms with van der Waals surface area (Å²) in [6, 6.07) is 3.79. The van der Waals surface area contributed by atoms with Crippen LogP contribution >= 0.6 is 0 Å². The summed E-state index contributed by atoms with van der Waals surface area (Å²) in [7, 11) is 0. The van der Waals surface area contributed by atoms with Crippen LogP contribution in [0.25, 0.3) is 0 Å². The summed E-state index contributed by atoms with van der Waals surface area (Å²) >= 11 is 0. The molecule has 1 atom stereocenters. The molecule has 0 aliphatic carbocycles. The Morgan fingerprint density at radius 3 is 2.55 bits per heavy atom. The molecule has 0 bridgehead atoms. The van der Waals surface area contributed by atoms with Crippen LogP contribution in [0.3, 0.4) is 0 Å². The summed E-state index contributed by atoms with van der Waals surface area (Å²) in [5.74, 6) is 2.21. The van der Waals surface area contributed by atoms with Crippen LogP contribution < -0.4 is 11.1 Å². The fraction of sp³-hybridized carbons (Fsp3) is 0.688. The number of amides is 1. The van der Waals surface area contributed by atoms with Gasteiger partial charge in [-0.1, -0.05) is 20.8 Å². The molecular formula is C16H28N2O2. The lowest BCUT2D eigenvalue weighted by Crippen LogP contribution is -2.27. The molecule has 4 nitrogen and oxygen atoms in total. The minimum Gasteiger partial charge on any atom is -0.465 e. The van der Waals surface area contributed by atoms with E-state index in [4.69, 9.17) is 10.2 Å². The second-order valence-electron chi connectivity index (χ2n) is 6.47. The highest BCUT2D eigenvalue weighted by Crippen LogP contribution is 2.31. The van der Waals surface area contributed by atoms with Crippen LogP contribution in [0.4, 0.5) is 0 Å². The van der Waals surface area contributed by atoms with E-state index in [2.05, 4.69) is 26.1 Å². The Morgan fingerprint density at radius 1 is 1.35 bits per heavy atom. The highest BCUT2D eigenvalue weighted by molar-refractivity contribution is 5.75. The van der Waals surface area contributed by atoms with Gasteiger partial charge in [-0.15, -0.1) is 0 Å². The van der Waals surface area contributed by atoms with Crippen molar-refractivity contribution in [2.24, 2.45) is 17.1 Å². The third kappa shape index (κ3) is 5.78. The van der Waals surface area contributed by atoms with Crippen molar-refractivity contribution in [3.63, 3.8) is 0 Å². The van der Waals surface area contributed by atoms with Crippen molar-refractivity contribution in [2.45, 2.75) is 53.5 Å². The molecule has 1 amide bonds. The van der Waals surface area contributed by atoms with Gasteiger partial charge in [0.1, 0.15) is 11.5 Å². The summed E-state index contributed by atoms with van der Waals surface area (Å²) in [6.07, 6.45) is 2.39. The molecule has 0 aliphatic heterocycles. The number of nitrogens with one attached hydrogen (secondary N) is 1. The van der Waals surface area contributed by atoms with Crippen molar-refractivity contribution < 1.29 is 9.21 Å². The molecule has 0 radical (unpaired) electrons. The standard InChI is InChI=1S/C16H28N2O2/c1-12-5-7-14(20-12)11-18-15(19)8-6-13(9-10-17)16(2,3)4/h5,7,13H,6,8-11,17H2,1-4H3,(H,18,19). The summed E-state index contributed by atoms with van der Waals surface area (Å²) in [5.41, 5.74) is 5.85. The Hall–Kier alpha value is -1.29. The van der Waals surface area contributed by atoms with Crippen molar-refractivity contribution in [1.82, 2.24) is 5.32 Å². The largest absolute Gasteiger partial charge is 0.465 e. The van der Waals surface area contributed by atoms with Gasteiger partial charge >= 0.3 is 0 Å². The topological polar surface area (TPSA) is 68.3 Å². The summed E-state index contributed by atoms with van der Waals surface area (Å²) in [4.78, 5) is 11.9. The van der Waals surface area contributed by atoms with E-state index in [0.29, 0.717) is 25.4 Å². The molecule has 1 aromatic heterocycles. The Bertz CT molecular complexity index is 418. The van der Waals surface area contributed by atoms with Gasteiger partial charge in [-0.25, -0.2) is 0 Å². The van der Waals surface area contributed by atoms with Gasteiger partial charge in [0.2, 0.25) is 5.91 Å². The van der Waals surface area contributed by atoms with E-state index in [1.165, 1.54) is 0 Å². The second kappa shape index (κ2) is 7.48. The molecule has 114 valence electrons. The molecule has 1 unspecified atom stereocenters. The summed E-state index contributed by atoms with van der Waals surface area (Å²) in [6.45, 7) is 9.65. The van der Waals surface area contributed by atoms with E-state index in [9.17, 15) is 4.79 Å². The lowest BCUT2D eigenvalue weighted by Gasteiger charge is -2.30. The summed E-state index contributed by atoms with van der Waals surface area (Å²) in [5, 5.41) is 2.90. The number of furan rings is 1. The van der Waals surface area contributed by atoms with Gasteiger partial charge in [0.25, 0.3) is 0 Å². The average molecular weight is 280 g/mol. The Morgan fingerprint density at radius 2 is 2.05 bits per heavy atom. The molecule has 0 saturated heterocycles. The second-order valence-corrected chi connectivity index (χ2v) is 6.47. The maximum Gasteiger partial charge on any atom is 0.220 e. The van der Waals surface area contributed by atoms with E-state index in [1.807, 2.05) is 19.1 Å². The van der Waals surface area contributed by atoms with Gasteiger partial charge in [0.15, 0.2) is 0 Å². The van der Waals surface area contributed by atoms with Gasteiger partial charge in [-0.05, 0) is 49.8 Å². The molecule has 20 heavy (non-hydrogen) atoms. The minimum absolute atomic E-state index is 0.0744. The average Bonchev–Trinajstić information content (AvgIpc) is 2.76. The van der Waals surface area contributed by atoms with E-state index in [-0.39, 0.29) is 11.3 Å². The number of hydrogen-bond donors (Lipinski definition) is 2. The Labute approximate surface area is 122 Å². The normalized spacial score (nSPS) is 13.2. The van der Waals surface area contributed by atoms with Crippen molar-refractivity contribution in [3.05, 3.63) is 23.7 Å². The fourth-order valence-corrected chi connectivity index (χ4v) is 2.37. The van der Waals surface area contributed by atoms with Gasteiger partial charge in [-0.3, -0.25) is 4.79 Å². The predicted molar refractivity (Wildman–Crippen MR) is 81.1 cm³/mol. The lowest BCUT2D eigenvalue weighted by atomic mass is 9.76. The lowest BCUT2D eigenvalue weighted by molar-refractivity contribution is -0.121. The monoisotopic (exact) mass is 280 g/mol. The van der Waals surface area contributed by atoms with Crippen LogP contribution in [0.15, 0.2) is 16.5 Å². The molecule has 1 aromatic rings. The number of carbonyl (C=O) groups excluding carboxylic acids is 1. The molecule has 1 rings (SSSR count). The number of rotatable bonds is 7. The zero-order valence-corrected chi connectivity index (χ0v) is 13.2. The van der Waals surface area contributed by atoms with Crippen molar-refractivity contribution >= 4 is 5.91 Å². The van der Waals surface area contributed by atoms with Gasteiger partial charge in [0, 0.05) is 6.42 Å². The van der Waals surface area contributed by atoms with Gasteiger partial charge < -0.3 is 15.5 Å². The van der Waals surface area contributed by atoms with Crippen LogP contribution in [0.5, 0.6) is 0 Å². The van der Waals surface area contributed by atoms with Crippen molar-refractivity contribution in [1.29, 1.82) is 0 Å². The van der Waals surface area contributed by atoms with Crippen LogP contribution in [0.1, 0.15) is 51.6 Å². The summed E-state index contributed by atoms with van der Waals surface area (Å²) < 4.78 is 5.42. The number of aryl methyl sites for hydroxylation is 1. The maximum absolute atomic E-state index is 11.9. The first kappa shape index (κ1) is 16.8. The molecule has 0 aromatic carbocycles. The fourth-order valence-electron chi connectivity index (χ4n) is 2.37. The predicted octanol–water partition coefficient (Wildman–Crippen LogP) is 3.00. The third-order valence-corrected chi connectivity index (χ3v) is 3.72. The highest BCUT2D eigenvalue weighted by Gasteiger charge is 2.24. The molecule has 4 heteroatoms. The van der Waals surface area contributed by atoms with E-state index >= 15 is 0 Å². The van der Waals surface area contributed by atoms with Crippen LogP contribution in [0, 0.1) is 18.3 Å². The van der Waals surface area contributed by atoms with Gasteiger partial charge in [-0.2, -0.15) is 0 Å². The van der Waals surface area contributed by atoms with E-state index in [1.54, 1.807) is 0 Å². The first-order valence-corrected chi connectivity index (χ1v) is 7.35. The quantitative estimate of drug-likeness (QED) is 0.806. The SMILES string of the molecule is Cc1ccc(CNC(=O)CCC(CCN)C(C)(C)C)o1. The maximum atomic E-state index is 11.9. The first-order chi connectivity index (χ1) is 9.32. The molecular weight excluding hydrogens is 252 g/mol. The third-order valence-electron chi connectivity index (χ3n) is 3.72. The zero-order chi connectivity index (χ0) is 15.2. The molecule has 3 N–H and O–H groups in total. The molecule has 0 aliphatic rings. The molecule has 0 saturated carbocycles. The van der Waals surface area contributed by atoms with Crippen LogP contribution in [0.2, 0.25) is 0 Å². The highest BCUT2D eigenvalue weighted by atomic mass is 16.3. The number of nitrogens with two attached hydrogens (primary N) is 1. The first-order valence-electron chi connectivity index (χ1n) is 7.35. The Kier molecular flexibility index (Phi) is 6.27.